The summed E-state index contributed by atoms with van der Waals surface area (Å²) >= 11 is 0. The topological polar surface area (TPSA) is 115 Å². The van der Waals surface area contributed by atoms with E-state index in [9.17, 15) is 4.79 Å². The Bertz CT molecular complexity index is 402. The first-order valence-electron chi connectivity index (χ1n) is 5.80. The molecule has 2 heterocycles. The molecule has 0 unspecified atom stereocenters. The summed E-state index contributed by atoms with van der Waals surface area (Å²) in [6.07, 6.45) is 0.644. The van der Waals surface area contributed by atoms with Crippen LogP contribution >= 0.6 is 0 Å². The van der Waals surface area contributed by atoms with Gasteiger partial charge in [0.1, 0.15) is 6.04 Å². The first kappa shape index (κ1) is 12.8. The van der Waals surface area contributed by atoms with E-state index in [4.69, 9.17) is 20.1 Å². The van der Waals surface area contributed by atoms with Gasteiger partial charge in [0, 0.05) is 19.5 Å². The number of anilines is 1. The molecular weight excluding hydrogens is 240 g/mol. The van der Waals surface area contributed by atoms with E-state index in [1.165, 1.54) is 0 Å². The van der Waals surface area contributed by atoms with E-state index in [1.54, 1.807) is 0 Å². The number of nitrogens with zero attached hydrogens (tertiary/aromatic N) is 3. The molecule has 1 saturated heterocycles. The molecule has 2 rings (SSSR count). The second-order valence-electron chi connectivity index (χ2n) is 4.07. The van der Waals surface area contributed by atoms with E-state index in [1.807, 2.05) is 4.90 Å². The Morgan fingerprint density at radius 1 is 1.50 bits per heavy atom. The van der Waals surface area contributed by atoms with Gasteiger partial charge in [0.15, 0.2) is 0 Å². The van der Waals surface area contributed by atoms with E-state index in [-0.39, 0.29) is 6.42 Å². The van der Waals surface area contributed by atoms with Crippen molar-refractivity contribution in [2.75, 3.05) is 31.2 Å². The van der Waals surface area contributed by atoms with Crippen molar-refractivity contribution in [3.8, 4) is 0 Å². The number of carbonyl (C=O) groups is 1. The van der Waals surface area contributed by atoms with Crippen molar-refractivity contribution >= 4 is 11.9 Å². The maximum atomic E-state index is 10.6. The second-order valence-corrected chi connectivity index (χ2v) is 4.07. The summed E-state index contributed by atoms with van der Waals surface area (Å²) in [6, 6.07) is -0.899. The molecule has 3 N–H and O–H groups in total. The van der Waals surface area contributed by atoms with Gasteiger partial charge in [-0.3, -0.25) is 4.79 Å². The molecule has 1 atom stereocenters. The fourth-order valence-electron chi connectivity index (χ4n) is 1.64. The first-order chi connectivity index (χ1) is 8.66. The predicted molar refractivity (Wildman–Crippen MR) is 61.3 cm³/mol. The number of aryl methyl sites for hydroxylation is 1. The van der Waals surface area contributed by atoms with E-state index in [0.717, 1.165) is 13.1 Å². The first-order valence-corrected chi connectivity index (χ1v) is 5.80. The number of rotatable bonds is 5. The summed E-state index contributed by atoms with van der Waals surface area (Å²) in [5.41, 5.74) is 5.40. The molecule has 0 spiro atoms. The van der Waals surface area contributed by atoms with E-state index in [2.05, 4.69) is 10.1 Å². The van der Waals surface area contributed by atoms with Gasteiger partial charge in [-0.2, -0.15) is 4.98 Å². The lowest BCUT2D eigenvalue weighted by Gasteiger charge is -2.24. The molecule has 1 aromatic heterocycles. The van der Waals surface area contributed by atoms with Gasteiger partial charge in [-0.15, -0.1) is 0 Å². The van der Waals surface area contributed by atoms with Crippen molar-refractivity contribution in [1.29, 1.82) is 0 Å². The Morgan fingerprint density at radius 3 is 2.89 bits per heavy atom. The van der Waals surface area contributed by atoms with E-state index >= 15 is 0 Å². The third kappa shape index (κ3) is 3.17. The van der Waals surface area contributed by atoms with Gasteiger partial charge in [0.05, 0.1) is 13.2 Å². The third-order valence-corrected chi connectivity index (χ3v) is 2.74. The van der Waals surface area contributed by atoms with Crippen molar-refractivity contribution in [2.24, 2.45) is 5.73 Å². The standard InChI is InChI=1S/C10H16N4O4/c11-7(9(15)16)1-2-8-12-10(13-18-8)14-3-5-17-6-4-14/h7H,1-6,11H2,(H,15,16)/t7-/m0/s1. The Hall–Kier alpha value is -1.67. The fourth-order valence-corrected chi connectivity index (χ4v) is 1.64. The Balaban J connectivity index is 1.87. The Morgan fingerprint density at radius 2 is 2.22 bits per heavy atom. The average molecular weight is 256 g/mol. The highest BCUT2D eigenvalue weighted by atomic mass is 16.5. The van der Waals surface area contributed by atoms with Gasteiger partial charge in [0.25, 0.3) is 5.95 Å². The predicted octanol–water partition coefficient (Wildman–Crippen LogP) is -0.749. The SMILES string of the molecule is N[C@@H](CCc1nc(N2CCOCC2)no1)C(=O)O. The normalized spacial score (nSPS) is 17.7. The number of aromatic nitrogens is 2. The summed E-state index contributed by atoms with van der Waals surface area (Å²) in [5.74, 6) is -0.0895. The van der Waals surface area contributed by atoms with Crippen molar-refractivity contribution in [3.05, 3.63) is 5.89 Å². The van der Waals surface area contributed by atoms with Crippen LogP contribution in [0.2, 0.25) is 0 Å². The molecule has 100 valence electrons. The van der Waals surface area contributed by atoms with Gasteiger partial charge in [-0.25, -0.2) is 0 Å². The monoisotopic (exact) mass is 256 g/mol. The molecular formula is C10H16N4O4. The summed E-state index contributed by atoms with van der Waals surface area (Å²) < 4.78 is 10.3. The number of hydrogen-bond acceptors (Lipinski definition) is 7. The minimum Gasteiger partial charge on any atom is -0.480 e. The van der Waals surface area contributed by atoms with Crippen LogP contribution in [0.4, 0.5) is 5.95 Å². The van der Waals surface area contributed by atoms with Crippen LogP contribution in [0.25, 0.3) is 0 Å². The summed E-state index contributed by atoms with van der Waals surface area (Å²) in [6.45, 7) is 2.75. The fraction of sp³-hybridized carbons (Fsp3) is 0.700. The van der Waals surface area contributed by atoms with Crippen molar-refractivity contribution in [2.45, 2.75) is 18.9 Å². The van der Waals surface area contributed by atoms with Crippen LogP contribution in [0.1, 0.15) is 12.3 Å². The number of hydrogen-bond donors (Lipinski definition) is 2. The minimum absolute atomic E-state index is 0.278. The minimum atomic E-state index is -1.03. The molecule has 0 saturated carbocycles. The largest absolute Gasteiger partial charge is 0.480 e. The molecule has 8 nitrogen and oxygen atoms in total. The van der Waals surface area contributed by atoms with Crippen LogP contribution in [-0.4, -0.2) is 53.6 Å². The number of aliphatic carboxylic acids is 1. The number of nitrogens with two attached hydrogens (primary N) is 1. The van der Waals surface area contributed by atoms with Crippen LogP contribution in [-0.2, 0) is 16.0 Å². The van der Waals surface area contributed by atoms with E-state index < -0.39 is 12.0 Å². The molecule has 1 aliphatic rings. The summed E-state index contributed by atoms with van der Waals surface area (Å²) in [5, 5.41) is 12.5. The van der Waals surface area contributed by atoms with Gasteiger partial charge < -0.3 is 25.0 Å². The van der Waals surface area contributed by atoms with Crippen LogP contribution in [0.15, 0.2) is 4.52 Å². The molecule has 1 aromatic rings. The number of carboxylic acid groups (broad SMARTS) is 1. The zero-order valence-electron chi connectivity index (χ0n) is 9.91. The molecule has 0 bridgehead atoms. The molecule has 0 amide bonds. The van der Waals surface area contributed by atoms with Crippen LogP contribution < -0.4 is 10.6 Å². The van der Waals surface area contributed by atoms with Crippen LogP contribution in [0.5, 0.6) is 0 Å². The lowest BCUT2D eigenvalue weighted by Crippen LogP contribution is -2.36. The molecule has 8 heteroatoms. The van der Waals surface area contributed by atoms with E-state index in [0.29, 0.717) is 31.5 Å². The Labute approximate surface area is 104 Å². The highest BCUT2D eigenvalue weighted by Gasteiger charge is 2.18. The average Bonchev–Trinajstić information content (AvgIpc) is 2.85. The summed E-state index contributed by atoms with van der Waals surface area (Å²) in [4.78, 5) is 16.7. The molecule has 0 aliphatic carbocycles. The Kier molecular flexibility index (Phi) is 4.11. The van der Waals surface area contributed by atoms with Gasteiger partial charge in [0.2, 0.25) is 5.89 Å². The number of morpholine rings is 1. The quantitative estimate of drug-likeness (QED) is 0.707. The molecule has 18 heavy (non-hydrogen) atoms. The zero-order chi connectivity index (χ0) is 13.0. The number of ether oxygens (including phenoxy) is 1. The third-order valence-electron chi connectivity index (χ3n) is 2.74. The highest BCUT2D eigenvalue weighted by Crippen LogP contribution is 2.12. The molecule has 0 aromatic carbocycles. The van der Waals surface area contributed by atoms with Crippen LogP contribution in [0.3, 0.4) is 0 Å². The summed E-state index contributed by atoms with van der Waals surface area (Å²) in [7, 11) is 0. The number of carboxylic acids is 1. The molecule has 0 radical (unpaired) electrons. The zero-order valence-corrected chi connectivity index (χ0v) is 9.91. The van der Waals surface area contributed by atoms with Crippen LogP contribution in [0, 0.1) is 0 Å². The molecule has 1 aliphatic heterocycles. The van der Waals surface area contributed by atoms with Crippen molar-refractivity contribution in [1.82, 2.24) is 10.1 Å². The molecule has 1 fully saturated rings. The van der Waals surface area contributed by atoms with Gasteiger partial charge >= 0.3 is 5.97 Å². The second kappa shape index (κ2) is 5.78. The van der Waals surface area contributed by atoms with Gasteiger partial charge in [-0.05, 0) is 11.6 Å². The smallest absolute Gasteiger partial charge is 0.320 e. The van der Waals surface area contributed by atoms with Crippen molar-refractivity contribution in [3.63, 3.8) is 0 Å². The maximum absolute atomic E-state index is 10.6. The van der Waals surface area contributed by atoms with Gasteiger partial charge in [-0.1, -0.05) is 0 Å². The maximum Gasteiger partial charge on any atom is 0.320 e. The lowest BCUT2D eigenvalue weighted by molar-refractivity contribution is -0.138. The van der Waals surface area contributed by atoms with Crippen molar-refractivity contribution < 1.29 is 19.2 Å². The lowest BCUT2D eigenvalue weighted by atomic mass is 10.2. The highest BCUT2D eigenvalue weighted by molar-refractivity contribution is 5.72.